The van der Waals surface area contributed by atoms with E-state index in [4.69, 9.17) is 9.84 Å². The summed E-state index contributed by atoms with van der Waals surface area (Å²) in [5.74, 6) is 0.572. The summed E-state index contributed by atoms with van der Waals surface area (Å²) in [5.41, 5.74) is 0.633. The fourth-order valence-corrected chi connectivity index (χ4v) is 2.03. The molecule has 0 aliphatic carbocycles. The molecule has 16 heavy (non-hydrogen) atoms. The highest BCUT2D eigenvalue weighted by Crippen LogP contribution is 2.11. The summed E-state index contributed by atoms with van der Waals surface area (Å²) in [6.45, 7) is 0.560. The first-order valence-corrected chi connectivity index (χ1v) is 5.98. The van der Waals surface area contributed by atoms with Crippen LogP contribution in [0.25, 0.3) is 0 Å². The topological polar surface area (TPSA) is 42.4 Å². The van der Waals surface area contributed by atoms with Crippen LogP contribution in [0.4, 0.5) is 0 Å². The van der Waals surface area contributed by atoms with Crippen molar-refractivity contribution in [2.45, 2.75) is 13.0 Å². The van der Waals surface area contributed by atoms with Gasteiger partial charge >= 0.3 is 0 Å². The normalized spacial score (nSPS) is 10.3. The van der Waals surface area contributed by atoms with Gasteiger partial charge in [0.1, 0.15) is 0 Å². The minimum atomic E-state index is -0.0534. The second kappa shape index (κ2) is 5.63. The Morgan fingerprint density at radius 3 is 2.94 bits per heavy atom. The van der Waals surface area contributed by atoms with Crippen LogP contribution in [-0.2, 0) is 13.0 Å². The fourth-order valence-electron chi connectivity index (χ4n) is 1.34. The van der Waals surface area contributed by atoms with Crippen molar-refractivity contribution in [3.8, 4) is 5.88 Å². The van der Waals surface area contributed by atoms with Crippen molar-refractivity contribution in [3.05, 3.63) is 46.3 Å². The van der Waals surface area contributed by atoms with Gasteiger partial charge in [0.05, 0.1) is 18.9 Å². The Morgan fingerprint density at radius 2 is 2.19 bits per heavy atom. The van der Waals surface area contributed by atoms with Gasteiger partial charge in [0.25, 0.3) is 0 Å². The van der Waals surface area contributed by atoms with E-state index in [-0.39, 0.29) is 6.61 Å². The Labute approximate surface area is 98.4 Å². The zero-order valence-corrected chi connectivity index (χ0v) is 9.61. The van der Waals surface area contributed by atoms with E-state index in [2.05, 4.69) is 16.4 Å². The van der Waals surface area contributed by atoms with Crippen molar-refractivity contribution >= 4 is 11.3 Å². The molecule has 0 saturated carbocycles. The van der Waals surface area contributed by atoms with Crippen LogP contribution in [0.15, 0.2) is 35.7 Å². The van der Waals surface area contributed by atoms with Crippen LogP contribution in [0.5, 0.6) is 5.88 Å². The molecule has 1 N–H and O–H groups in total. The average Bonchev–Trinajstić information content (AvgIpc) is 2.82. The predicted octanol–water partition coefficient (Wildman–Crippen LogP) is 2.26. The van der Waals surface area contributed by atoms with E-state index < -0.39 is 0 Å². The molecule has 2 aromatic heterocycles. The van der Waals surface area contributed by atoms with Gasteiger partial charge in [0, 0.05) is 17.4 Å². The number of rotatable bonds is 5. The highest BCUT2D eigenvalue weighted by molar-refractivity contribution is 7.09. The summed E-state index contributed by atoms with van der Waals surface area (Å²) in [4.78, 5) is 5.45. The average molecular weight is 235 g/mol. The number of hydrogen-bond donors (Lipinski definition) is 1. The number of pyridine rings is 1. The molecule has 4 heteroatoms. The van der Waals surface area contributed by atoms with Crippen molar-refractivity contribution in [2.24, 2.45) is 0 Å². The highest BCUT2D eigenvalue weighted by atomic mass is 32.1. The largest absolute Gasteiger partial charge is 0.477 e. The lowest BCUT2D eigenvalue weighted by Gasteiger charge is -2.05. The molecule has 0 spiro atoms. The lowest BCUT2D eigenvalue weighted by atomic mass is 10.3. The van der Waals surface area contributed by atoms with E-state index >= 15 is 0 Å². The maximum Gasteiger partial charge on any atom is 0.213 e. The molecule has 0 unspecified atom stereocenters. The van der Waals surface area contributed by atoms with Gasteiger partial charge in [-0.2, -0.15) is 0 Å². The zero-order chi connectivity index (χ0) is 11.2. The second-order valence-electron chi connectivity index (χ2n) is 3.30. The van der Waals surface area contributed by atoms with Crippen LogP contribution in [0.2, 0.25) is 0 Å². The van der Waals surface area contributed by atoms with Crippen molar-refractivity contribution in [1.82, 2.24) is 4.98 Å². The predicted molar refractivity (Wildman–Crippen MR) is 63.7 cm³/mol. The Kier molecular flexibility index (Phi) is 3.91. The fraction of sp³-hybridized carbons (Fsp3) is 0.250. The SMILES string of the molecule is OCc1cccc(OCCc2cccs2)n1. The number of aliphatic hydroxyl groups excluding tert-OH is 1. The summed E-state index contributed by atoms with van der Waals surface area (Å²) >= 11 is 1.73. The molecular weight excluding hydrogens is 222 g/mol. The van der Waals surface area contributed by atoms with E-state index in [0.717, 1.165) is 6.42 Å². The second-order valence-corrected chi connectivity index (χ2v) is 4.34. The lowest BCUT2D eigenvalue weighted by molar-refractivity contribution is 0.269. The Bertz CT molecular complexity index is 428. The quantitative estimate of drug-likeness (QED) is 0.864. The van der Waals surface area contributed by atoms with E-state index in [0.29, 0.717) is 18.2 Å². The van der Waals surface area contributed by atoms with Gasteiger partial charge in [0.15, 0.2) is 0 Å². The van der Waals surface area contributed by atoms with Crippen LogP contribution in [-0.4, -0.2) is 16.7 Å². The van der Waals surface area contributed by atoms with E-state index in [1.807, 2.05) is 12.1 Å². The van der Waals surface area contributed by atoms with Gasteiger partial charge in [0.2, 0.25) is 5.88 Å². The van der Waals surface area contributed by atoms with Gasteiger partial charge < -0.3 is 9.84 Å². The zero-order valence-electron chi connectivity index (χ0n) is 8.80. The number of ether oxygens (including phenoxy) is 1. The molecule has 2 heterocycles. The van der Waals surface area contributed by atoms with Crippen LogP contribution in [0.3, 0.4) is 0 Å². The van der Waals surface area contributed by atoms with Crippen molar-refractivity contribution in [2.75, 3.05) is 6.61 Å². The van der Waals surface area contributed by atoms with E-state index in [9.17, 15) is 0 Å². The van der Waals surface area contributed by atoms with Gasteiger partial charge in [-0.1, -0.05) is 12.1 Å². The van der Waals surface area contributed by atoms with Crippen molar-refractivity contribution < 1.29 is 9.84 Å². The van der Waals surface area contributed by atoms with Crippen LogP contribution in [0, 0.1) is 0 Å². The van der Waals surface area contributed by atoms with Crippen LogP contribution < -0.4 is 4.74 Å². The summed E-state index contributed by atoms with van der Waals surface area (Å²) in [5, 5.41) is 11.0. The first kappa shape index (κ1) is 11.1. The molecule has 0 fully saturated rings. The third-order valence-electron chi connectivity index (χ3n) is 2.12. The number of aromatic nitrogens is 1. The molecule has 0 bridgehead atoms. The molecule has 0 saturated heterocycles. The Morgan fingerprint density at radius 1 is 1.25 bits per heavy atom. The monoisotopic (exact) mass is 235 g/mol. The number of thiophene rings is 1. The Balaban J connectivity index is 1.85. The third-order valence-corrected chi connectivity index (χ3v) is 3.06. The molecule has 0 atom stereocenters. The molecule has 0 amide bonds. The van der Waals surface area contributed by atoms with Gasteiger partial charge in [-0.05, 0) is 17.5 Å². The molecule has 84 valence electrons. The molecule has 2 rings (SSSR count). The maximum absolute atomic E-state index is 8.92. The standard InChI is InChI=1S/C12H13NO2S/c14-9-10-3-1-5-12(13-10)15-7-6-11-4-2-8-16-11/h1-5,8,14H,6-7,9H2. The van der Waals surface area contributed by atoms with E-state index in [1.165, 1.54) is 4.88 Å². The number of hydrogen-bond acceptors (Lipinski definition) is 4. The summed E-state index contributed by atoms with van der Waals surface area (Å²) in [6, 6.07) is 9.52. The first-order chi connectivity index (χ1) is 7.88. The van der Waals surface area contributed by atoms with Gasteiger partial charge in [-0.3, -0.25) is 0 Å². The molecule has 3 nitrogen and oxygen atoms in total. The highest BCUT2D eigenvalue weighted by Gasteiger charge is 1.98. The molecule has 0 aromatic carbocycles. The van der Waals surface area contributed by atoms with Gasteiger partial charge in [-0.25, -0.2) is 4.98 Å². The maximum atomic E-state index is 8.92. The van der Waals surface area contributed by atoms with Crippen LogP contribution in [0.1, 0.15) is 10.6 Å². The minimum absolute atomic E-state index is 0.0534. The summed E-state index contributed by atoms with van der Waals surface area (Å²) in [6.07, 6.45) is 0.892. The lowest BCUT2D eigenvalue weighted by Crippen LogP contribution is -2.02. The van der Waals surface area contributed by atoms with Crippen molar-refractivity contribution in [3.63, 3.8) is 0 Å². The number of aliphatic hydroxyl groups is 1. The molecule has 0 radical (unpaired) electrons. The minimum Gasteiger partial charge on any atom is -0.477 e. The van der Waals surface area contributed by atoms with Crippen LogP contribution >= 0.6 is 11.3 Å². The molecule has 2 aromatic rings. The van der Waals surface area contributed by atoms with Gasteiger partial charge in [-0.15, -0.1) is 11.3 Å². The molecule has 0 aliphatic heterocycles. The summed E-state index contributed by atoms with van der Waals surface area (Å²) < 4.78 is 5.51. The van der Waals surface area contributed by atoms with Crippen molar-refractivity contribution in [1.29, 1.82) is 0 Å². The molecular formula is C12H13NO2S. The Hall–Kier alpha value is -1.39. The van der Waals surface area contributed by atoms with E-state index in [1.54, 1.807) is 23.5 Å². The third kappa shape index (κ3) is 3.05. The number of nitrogens with zero attached hydrogens (tertiary/aromatic N) is 1. The summed E-state index contributed by atoms with van der Waals surface area (Å²) in [7, 11) is 0. The molecule has 0 aliphatic rings. The smallest absolute Gasteiger partial charge is 0.213 e. The first-order valence-electron chi connectivity index (χ1n) is 5.10.